The van der Waals surface area contributed by atoms with Crippen molar-refractivity contribution in [1.29, 1.82) is 0 Å². The van der Waals surface area contributed by atoms with Gasteiger partial charge in [-0.1, -0.05) is 0 Å². The van der Waals surface area contributed by atoms with Gasteiger partial charge in [0.15, 0.2) is 23.3 Å². The summed E-state index contributed by atoms with van der Waals surface area (Å²) < 4.78 is 33.8. The molecule has 0 saturated carbocycles. The van der Waals surface area contributed by atoms with Crippen LogP contribution in [0.3, 0.4) is 0 Å². The normalized spacial score (nSPS) is 10.3. The molecule has 0 amide bonds. The topological polar surface area (TPSA) is 140 Å². The number of halogens is 2. The van der Waals surface area contributed by atoms with E-state index in [1.165, 1.54) is 53.7 Å². The Hall–Kier alpha value is -4.35. The van der Waals surface area contributed by atoms with E-state index in [0.29, 0.717) is 5.82 Å². The van der Waals surface area contributed by atoms with Gasteiger partial charge >= 0.3 is 5.97 Å². The molecular weight excluding hydrogens is 410 g/mol. The van der Waals surface area contributed by atoms with Crippen LogP contribution in [0.1, 0.15) is 17.3 Å². The lowest BCUT2D eigenvalue weighted by molar-refractivity contribution is 0.0527. The van der Waals surface area contributed by atoms with Crippen LogP contribution in [0.4, 0.5) is 20.4 Å². The number of hydrogen-bond acceptors (Lipinski definition) is 8. The van der Waals surface area contributed by atoms with Gasteiger partial charge in [0.2, 0.25) is 0 Å². The van der Waals surface area contributed by atoms with Gasteiger partial charge in [-0.05, 0) is 31.2 Å². The summed E-state index contributed by atoms with van der Waals surface area (Å²) >= 11 is 0. The molecule has 31 heavy (non-hydrogen) atoms. The minimum absolute atomic E-state index is 0.00829. The van der Waals surface area contributed by atoms with Crippen molar-refractivity contribution in [3.05, 3.63) is 72.3 Å². The van der Waals surface area contributed by atoms with Gasteiger partial charge < -0.3 is 16.2 Å². The molecule has 0 spiro atoms. The molecule has 160 valence electrons. The first-order valence-electron chi connectivity index (χ1n) is 8.96. The number of aromatic nitrogens is 6. The van der Waals surface area contributed by atoms with Gasteiger partial charge in [-0.15, -0.1) is 0 Å². The van der Waals surface area contributed by atoms with E-state index in [4.69, 9.17) is 16.2 Å². The largest absolute Gasteiger partial charge is 0.462 e. The second-order valence-corrected chi connectivity index (χ2v) is 5.86. The molecule has 0 unspecified atom stereocenters. The Balaban J connectivity index is 0.000000185. The van der Waals surface area contributed by atoms with Gasteiger partial charge in [-0.3, -0.25) is 0 Å². The third kappa shape index (κ3) is 4.63. The van der Waals surface area contributed by atoms with Crippen molar-refractivity contribution in [2.75, 3.05) is 18.1 Å². The number of pyridine rings is 2. The Morgan fingerprint density at radius 3 is 2.10 bits per heavy atom. The lowest BCUT2D eigenvalue weighted by Gasteiger charge is -2.04. The minimum atomic E-state index is -0.599. The zero-order valence-electron chi connectivity index (χ0n) is 16.3. The van der Waals surface area contributed by atoms with Crippen molar-refractivity contribution in [3.63, 3.8) is 0 Å². The third-order valence-corrected chi connectivity index (χ3v) is 3.85. The summed E-state index contributed by atoms with van der Waals surface area (Å²) in [4.78, 5) is 19.2. The lowest BCUT2D eigenvalue weighted by atomic mass is 10.3. The van der Waals surface area contributed by atoms with Gasteiger partial charge in [0.25, 0.3) is 0 Å². The minimum Gasteiger partial charge on any atom is -0.462 e. The van der Waals surface area contributed by atoms with Gasteiger partial charge in [0.1, 0.15) is 17.2 Å². The van der Waals surface area contributed by atoms with Gasteiger partial charge in [-0.25, -0.2) is 23.5 Å². The second kappa shape index (κ2) is 9.43. The fourth-order valence-corrected chi connectivity index (χ4v) is 2.45. The molecule has 0 aliphatic rings. The summed E-state index contributed by atoms with van der Waals surface area (Å²) in [6.45, 7) is 1.90. The van der Waals surface area contributed by atoms with Crippen LogP contribution in [0.2, 0.25) is 0 Å². The number of carbonyl (C=O) groups is 1. The molecular formula is C19H18F2N8O2. The van der Waals surface area contributed by atoms with Crippen LogP contribution in [0.25, 0.3) is 11.6 Å². The quantitative estimate of drug-likeness (QED) is 0.471. The van der Waals surface area contributed by atoms with Crippen molar-refractivity contribution in [3.8, 4) is 11.6 Å². The smallest absolute Gasteiger partial charge is 0.343 e. The maximum absolute atomic E-state index is 13.5. The average Bonchev–Trinajstić information content (AvgIpc) is 3.35. The van der Waals surface area contributed by atoms with Crippen LogP contribution < -0.4 is 11.5 Å². The maximum atomic E-state index is 13.5. The Kier molecular flexibility index (Phi) is 6.50. The van der Waals surface area contributed by atoms with Crippen molar-refractivity contribution < 1.29 is 18.3 Å². The van der Waals surface area contributed by atoms with E-state index in [1.807, 2.05) is 0 Å². The van der Waals surface area contributed by atoms with Crippen LogP contribution in [-0.4, -0.2) is 42.1 Å². The van der Waals surface area contributed by atoms with Crippen molar-refractivity contribution in [2.45, 2.75) is 6.92 Å². The van der Waals surface area contributed by atoms with Gasteiger partial charge in [0.05, 0.1) is 19.0 Å². The fourth-order valence-electron chi connectivity index (χ4n) is 2.45. The van der Waals surface area contributed by atoms with Crippen LogP contribution in [0, 0.1) is 11.6 Å². The highest BCUT2D eigenvalue weighted by molar-refractivity contribution is 5.94. The number of nitrogens with zero attached hydrogens (tertiary/aromatic N) is 6. The Morgan fingerprint density at radius 2 is 1.58 bits per heavy atom. The molecule has 12 heteroatoms. The van der Waals surface area contributed by atoms with Gasteiger partial charge in [-0.2, -0.15) is 19.6 Å². The molecule has 0 aromatic carbocycles. The molecule has 0 aliphatic heterocycles. The Morgan fingerprint density at radius 1 is 0.968 bits per heavy atom. The summed E-state index contributed by atoms with van der Waals surface area (Å²) in [5.74, 6) is -1.22. The highest BCUT2D eigenvalue weighted by Crippen LogP contribution is 2.18. The molecule has 4 aromatic heterocycles. The first-order valence-corrected chi connectivity index (χ1v) is 8.96. The van der Waals surface area contributed by atoms with Crippen LogP contribution in [0.5, 0.6) is 0 Å². The summed E-state index contributed by atoms with van der Waals surface area (Å²) in [6.07, 6.45) is 5.61. The number of esters is 1. The van der Waals surface area contributed by atoms with Gasteiger partial charge in [0, 0.05) is 18.5 Å². The number of anilines is 2. The number of carbonyl (C=O) groups excluding carboxylic acids is 1. The number of rotatable bonds is 4. The Bertz CT molecular complexity index is 1190. The SMILES string of the molecule is CCOC(=O)c1cnn(-c2ncccc2F)c1N.Nc1ccnn1-c1ncccc1F. The number of hydrogen-bond donors (Lipinski definition) is 2. The van der Waals surface area contributed by atoms with Crippen molar-refractivity contribution in [2.24, 2.45) is 0 Å². The highest BCUT2D eigenvalue weighted by Gasteiger charge is 2.19. The van der Waals surface area contributed by atoms with E-state index in [2.05, 4.69) is 20.2 Å². The highest BCUT2D eigenvalue weighted by atomic mass is 19.1. The van der Waals surface area contributed by atoms with E-state index in [0.717, 1.165) is 4.68 Å². The maximum Gasteiger partial charge on any atom is 0.343 e. The van der Waals surface area contributed by atoms with Crippen molar-refractivity contribution in [1.82, 2.24) is 29.5 Å². The summed E-state index contributed by atoms with van der Waals surface area (Å²) in [5, 5.41) is 7.67. The molecule has 0 aliphatic carbocycles. The zero-order valence-corrected chi connectivity index (χ0v) is 16.3. The molecule has 0 bridgehead atoms. The van der Waals surface area contributed by atoms with E-state index in [-0.39, 0.29) is 29.6 Å². The van der Waals surface area contributed by atoms with Crippen LogP contribution in [0.15, 0.2) is 55.1 Å². The first-order chi connectivity index (χ1) is 14.9. The monoisotopic (exact) mass is 428 g/mol. The van der Waals surface area contributed by atoms with Crippen LogP contribution >= 0.6 is 0 Å². The number of ether oxygens (including phenoxy) is 1. The van der Waals surface area contributed by atoms with Crippen molar-refractivity contribution >= 4 is 17.6 Å². The fraction of sp³-hybridized carbons (Fsp3) is 0.105. The molecule has 4 heterocycles. The van der Waals surface area contributed by atoms with Crippen LogP contribution in [-0.2, 0) is 4.74 Å². The summed E-state index contributed by atoms with van der Waals surface area (Å²) in [5.41, 5.74) is 11.3. The number of nitrogen functional groups attached to an aromatic ring is 2. The molecule has 0 fully saturated rings. The number of nitrogens with two attached hydrogens (primary N) is 2. The standard InChI is InChI=1S/C11H11FN4O2.C8H7FN4/c1-2-18-11(17)7-6-15-16(9(7)13)10-8(12)4-3-5-14-10;9-6-2-1-4-11-8(6)13-7(10)3-5-12-13/h3-6H,2,13H2,1H3;1-5H,10H2. The second-order valence-electron chi connectivity index (χ2n) is 5.86. The lowest BCUT2D eigenvalue weighted by Crippen LogP contribution is -2.10. The van der Waals surface area contributed by atoms with E-state index in [1.54, 1.807) is 13.0 Å². The molecule has 10 nitrogen and oxygen atoms in total. The molecule has 0 atom stereocenters. The molecule has 4 rings (SSSR count). The third-order valence-electron chi connectivity index (χ3n) is 3.85. The van der Waals surface area contributed by atoms with E-state index < -0.39 is 17.6 Å². The predicted octanol–water partition coefficient (Wildman–Crippen LogP) is 2.15. The summed E-state index contributed by atoms with van der Waals surface area (Å²) in [6, 6.07) is 7.08. The average molecular weight is 428 g/mol. The molecule has 4 N–H and O–H groups in total. The predicted molar refractivity (Wildman–Crippen MR) is 107 cm³/mol. The van der Waals surface area contributed by atoms with E-state index in [9.17, 15) is 13.6 Å². The summed E-state index contributed by atoms with van der Waals surface area (Å²) in [7, 11) is 0. The molecule has 4 aromatic rings. The Labute approximate surface area is 175 Å². The molecule has 0 radical (unpaired) electrons. The van der Waals surface area contributed by atoms with E-state index >= 15 is 0 Å². The zero-order chi connectivity index (χ0) is 22.4. The first kappa shape index (κ1) is 21.4. The molecule has 0 saturated heterocycles.